The summed E-state index contributed by atoms with van der Waals surface area (Å²) in [5.41, 5.74) is 15.1. The summed E-state index contributed by atoms with van der Waals surface area (Å²) in [6, 6.07) is 25.1. The SMILES string of the molecule is Cc1cccc(-c2nc3nc(-c4ccc(C5(N)CCC5)cc4)c(-c4ccccc4)cn3n2)c1C. The third-order valence-corrected chi connectivity index (χ3v) is 7.24. The molecule has 168 valence electrons. The van der Waals surface area contributed by atoms with Crippen molar-refractivity contribution in [3.8, 4) is 33.8 Å². The number of aryl methyl sites for hydroxylation is 1. The van der Waals surface area contributed by atoms with E-state index in [0.717, 1.165) is 40.8 Å². The lowest BCUT2D eigenvalue weighted by Crippen LogP contribution is -2.43. The highest BCUT2D eigenvalue weighted by Crippen LogP contribution is 2.40. The Bertz CT molecular complexity index is 1500. The molecular weight excluding hydrogens is 418 g/mol. The van der Waals surface area contributed by atoms with Gasteiger partial charge in [-0.3, -0.25) is 0 Å². The maximum absolute atomic E-state index is 6.55. The van der Waals surface area contributed by atoms with E-state index in [0.29, 0.717) is 11.6 Å². The lowest BCUT2D eigenvalue weighted by molar-refractivity contribution is 0.253. The van der Waals surface area contributed by atoms with Gasteiger partial charge in [0.05, 0.1) is 5.69 Å². The third-order valence-electron chi connectivity index (χ3n) is 7.24. The fourth-order valence-corrected chi connectivity index (χ4v) is 4.78. The van der Waals surface area contributed by atoms with E-state index >= 15 is 0 Å². The first-order valence-corrected chi connectivity index (χ1v) is 11.8. The topological polar surface area (TPSA) is 69.1 Å². The molecule has 2 aromatic heterocycles. The van der Waals surface area contributed by atoms with Gasteiger partial charge in [0.1, 0.15) is 0 Å². The maximum atomic E-state index is 6.55. The summed E-state index contributed by atoms with van der Waals surface area (Å²) >= 11 is 0. The second-order valence-corrected chi connectivity index (χ2v) is 9.38. The van der Waals surface area contributed by atoms with E-state index in [1.165, 1.54) is 23.1 Å². The van der Waals surface area contributed by atoms with Crippen LogP contribution in [-0.2, 0) is 5.54 Å². The van der Waals surface area contributed by atoms with Crippen LogP contribution in [0.1, 0.15) is 36.0 Å². The molecule has 2 heterocycles. The van der Waals surface area contributed by atoms with E-state index in [4.69, 9.17) is 20.8 Å². The van der Waals surface area contributed by atoms with Crippen LogP contribution in [0.25, 0.3) is 39.5 Å². The quantitative estimate of drug-likeness (QED) is 0.364. The molecule has 0 spiro atoms. The van der Waals surface area contributed by atoms with Gasteiger partial charge in [0.15, 0.2) is 5.82 Å². The standard InChI is InChI=1S/C29H27N5/c1-19-8-6-11-24(20(19)2)27-32-28-31-26(22-12-14-23(15-13-22)29(30)16-7-17-29)25(18-34(28)33-27)21-9-4-3-5-10-21/h3-6,8-15,18H,7,16-17,30H2,1-2H3. The Labute approximate surface area is 199 Å². The molecule has 0 bridgehead atoms. The second-order valence-electron chi connectivity index (χ2n) is 9.38. The van der Waals surface area contributed by atoms with Gasteiger partial charge in [0.25, 0.3) is 5.78 Å². The molecule has 0 saturated heterocycles. The van der Waals surface area contributed by atoms with Crippen LogP contribution in [0.15, 0.2) is 79.0 Å². The molecule has 0 radical (unpaired) electrons. The fraction of sp³-hybridized carbons (Fsp3) is 0.207. The number of nitrogens with two attached hydrogens (primary N) is 1. The molecule has 0 atom stereocenters. The van der Waals surface area contributed by atoms with Crippen molar-refractivity contribution in [1.82, 2.24) is 19.6 Å². The summed E-state index contributed by atoms with van der Waals surface area (Å²) in [7, 11) is 0. The van der Waals surface area contributed by atoms with Gasteiger partial charge >= 0.3 is 0 Å². The van der Waals surface area contributed by atoms with Crippen LogP contribution in [0.3, 0.4) is 0 Å². The van der Waals surface area contributed by atoms with Crippen molar-refractivity contribution in [1.29, 1.82) is 0 Å². The highest BCUT2D eigenvalue weighted by Gasteiger charge is 2.34. The van der Waals surface area contributed by atoms with Gasteiger partial charge in [-0.15, -0.1) is 5.10 Å². The van der Waals surface area contributed by atoms with Crippen LogP contribution in [0.4, 0.5) is 0 Å². The minimum Gasteiger partial charge on any atom is -0.321 e. The molecule has 1 aliphatic carbocycles. The van der Waals surface area contributed by atoms with E-state index in [9.17, 15) is 0 Å². The Morgan fingerprint density at radius 1 is 0.794 bits per heavy atom. The van der Waals surface area contributed by atoms with Gasteiger partial charge < -0.3 is 5.73 Å². The zero-order valence-electron chi connectivity index (χ0n) is 19.5. The van der Waals surface area contributed by atoms with Gasteiger partial charge in [-0.05, 0) is 55.4 Å². The summed E-state index contributed by atoms with van der Waals surface area (Å²) < 4.78 is 1.79. The minimum absolute atomic E-state index is 0.175. The normalized spacial score (nSPS) is 14.8. The molecule has 1 aliphatic rings. The molecule has 6 rings (SSSR count). The zero-order chi connectivity index (χ0) is 23.3. The average Bonchev–Trinajstić information content (AvgIpc) is 3.27. The number of nitrogens with zero attached hydrogens (tertiary/aromatic N) is 4. The molecule has 0 unspecified atom stereocenters. The predicted octanol–water partition coefficient (Wildman–Crippen LogP) is 6.08. The van der Waals surface area contributed by atoms with E-state index < -0.39 is 0 Å². The number of benzene rings is 3. The van der Waals surface area contributed by atoms with Gasteiger partial charge in [-0.2, -0.15) is 4.98 Å². The smallest absolute Gasteiger partial charge is 0.253 e. The Balaban J connectivity index is 1.51. The molecule has 5 aromatic rings. The van der Waals surface area contributed by atoms with E-state index in [2.05, 4.69) is 62.4 Å². The van der Waals surface area contributed by atoms with Crippen LogP contribution in [0.5, 0.6) is 0 Å². The first-order valence-electron chi connectivity index (χ1n) is 11.8. The molecule has 2 N–H and O–H groups in total. The summed E-state index contributed by atoms with van der Waals surface area (Å²) in [6.45, 7) is 4.22. The van der Waals surface area contributed by atoms with Crippen LogP contribution < -0.4 is 5.73 Å². The van der Waals surface area contributed by atoms with Crippen molar-refractivity contribution >= 4 is 5.78 Å². The van der Waals surface area contributed by atoms with Crippen molar-refractivity contribution in [2.45, 2.75) is 38.6 Å². The predicted molar refractivity (Wildman–Crippen MR) is 136 cm³/mol. The molecule has 5 nitrogen and oxygen atoms in total. The molecule has 1 fully saturated rings. The molecule has 0 aliphatic heterocycles. The van der Waals surface area contributed by atoms with Gasteiger partial charge in [0, 0.05) is 28.4 Å². The van der Waals surface area contributed by atoms with Gasteiger partial charge in [-0.25, -0.2) is 9.50 Å². The lowest BCUT2D eigenvalue weighted by atomic mass is 9.72. The molecule has 5 heteroatoms. The van der Waals surface area contributed by atoms with E-state index in [-0.39, 0.29) is 5.54 Å². The fourth-order valence-electron chi connectivity index (χ4n) is 4.78. The van der Waals surface area contributed by atoms with Crippen LogP contribution in [0.2, 0.25) is 0 Å². The first-order chi connectivity index (χ1) is 16.5. The van der Waals surface area contributed by atoms with Crippen molar-refractivity contribution in [2.24, 2.45) is 5.73 Å². The number of hydrogen-bond acceptors (Lipinski definition) is 4. The maximum Gasteiger partial charge on any atom is 0.253 e. The highest BCUT2D eigenvalue weighted by molar-refractivity contribution is 5.81. The molecule has 0 amide bonds. The van der Waals surface area contributed by atoms with Gasteiger partial charge in [-0.1, -0.05) is 72.8 Å². The van der Waals surface area contributed by atoms with Gasteiger partial charge in [0.2, 0.25) is 0 Å². The third kappa shape index (κ3) is 3.40. The first kappa shape index (κ1) is 20.8. The Morgan fingerprint density at radius 3 is 2.26 bits per heavy atom. The monoisotopic (exact) mass is 445 g/mol. The number of fused-ring (bicyclic) bond motifs is 1. The average molecular weight is 446 g/mol. The lowest BCUT2D eigenvalue weighted by Gasteiger charge is -2.38. The Kier molecular flexibility index (Phi) is 4.82. The molecule has 3 aromatic carbocycles. The van der Waals surface area contributed by atoms with Crippen molar-refractivity contribution in [2.75, 3.05) is 0 Å². The summed E-state index contributed by atoms with van der Waals surface area (Å²) in [5, 5.41) is 4.80. The van der Waals surface area contributed by atoms with Crippen LogP contribution in [-0.4, -0.2) is 19.6 Å². The summed E-state index contributed by atoms with van der Waals surface area (Å²) in [4.78, 5) is 9.81. The Hall–Kier alpha value is -3.83. The number of rotatable bonds is 4. The summed E-state index contributed by atoms with van der Waals surface area (Å²) in [6.07, 6.45) is 5.34. The molecule has 1 saturated carbocycles. The van der Waals surface area contributed by atoms with E-state index in [1.54, 1.807) is 4.52 Å². The largest absolute Gasteiger partial charge is 0.321 e. The zero-order valence-corrected chi connectivity index (χ0v) is 19.5. The summed E-state index contributed by atoms with van der Waals surface area (Å²) in [5.74, 6) is 1.28. The highest BCUT2D eigenvalue weighted by atomic mass is 15.3. The molecular formula is C29H27N5. The van der Waals surface area contributed by atoms with Crippen molar-refractivity contribution in [3.05, 3.63) is 95.7 Å². The van der Waals surface area contributed by atoms with Crippen LogP contribution >= 0.6 is 0 Å². The van der Waals surface area contributed by atoms with Crippen LogP contribution in [0, 0.1) is 13.8 Å². The number of aromatic nitrogens is 4. The second kappa shape index (κ2) is 7.89. The Morgan fingerprint density at radius 2 is 1.56 bits per heavy atom. The van der Waals surface area contributed by atoms with Crippen molar-refractivity contribution < 1.29 is 0 Å². The number of hydrogen-bond donors (Lipinski definition) is 1. The molecule has 34 heavy (non-hydrogen) atoms. The van der Waals surface area contributed by atoms with E-state index in [1.807, 2.05) is 30.5 Å². The minimum atomic E-state index is -0.175. The van der Waals surface area contributed by atoms with Crippen molar-refractivity contribution in [3.63, 3.8) is 0 Å².